The van der Waals surface area contributed by atoms with Crippen LogP contribution in [0, 0.1) is 12.8 Å². The van der Waals surface area contributed by atoms with Gasteiger partial charge in [0, 0.05) is 41.3 Å². The minimum atomic E-state index is -0.117. The Labute approximate surface area is 243 Å². The number of aryl methyl sites for hydroxylation is 1. The Morgan fingerprint density at radius 2 is 1.85 bits per heavy atom. The molecule has 4 N–H and O–H groups in total. The Morgan fingerprint density at radius 3 is 2.52 bits per heavy atom. The van der Waals surface area contributed by atoms with Gasteiger partial charge in [0.2, 0.25) is 0 Å². The number of amides is 1. The third-order valence-corrected chi connectivity index (χ3v) is 7.88. The van der Waals surface area contributed by atoms with Crippen LogP contribution in [0.4, 0.5) is 0 Å². The number of rotatable bonds is 9. The van der Waals surface area contributed by atoms with Crippen LogP contribution in [0.3, 0.4) is 0 Å². The number of nitrogens with one attached hydrogen (secondary N) is 1. The lowest BCUT2D eigenvalue weighted by atomic mass is 9.97. The number of nitrogens with two attached hydrogens (primary N) is 1. The van der Waals surface area contributed by atoms with Gasteiger partial charge in [0.15, 0.2) is 0 Å². The summed E-state index contributed by atoms with van der Waals surface area (Å²) in [4.78, 5) is 16.3. The lowest BCUT2D eigenvalue weighted by Gasteiger charge is -2.31. The van der Waals surface area contributed by atoms with Gasteiger partial charge in [-0.15, -0.1) is 11.8 Å². The maximum Gasteiger partial charge on any atom is 0.255 e. The number of hydrogen-bond donors (Lipinski definition) is 3. The van der Waals surface area contributed by atoms with Crippen LogP contribution >= 0.6 is 11.8 Å². The highest BCUT2D eigenvalue weighted by Gasteiger charge is 2.20. The summed E-state index contributed by atoms with van der Waals surface area (Å²) >= 11 is 1.82. The van der Waals surface area contributed by atoms with Gasteiger partial charge in [-0.1, -0.05) is 35.9 Å². The van der Waals surface area contributed by atoms with Crippen LogP contribution in [0.1, 0.15) is 48.2 Å². The molecule has 4 rings (SSSR count). The average Bonchev–Trinajstić information content (AvgIpc) is 2.97. The summed E-state index contributed by atoms with van der Waals surface area (Å²) in [6.07, 6.45) is 10.4. The minimum absolute atomic E-state index is 0.117. The van der Waals surface area contributed by atoms with Crippen molar-refractivity contribution in [2.24, 2.45) is 11.7 Å². The number of thioether (sulfide) groups is 1. The summed E-state index contributed by atoms with van der Waals surface area (Å²) in [5, 5.41) is 9.96. The van der Waals surface area contributed by atoms with Gasteiger partial charge < -0.3 is 20.9 Å². The number of aliphatic hydroxyl groups is 1. The number of piperidine rings is 1. The zero-order chi connectivity index (χ0) is 28.9. The summed E-state index contributed by atoms with van der Waals surface area (Å²) < 4.78 is 6.01. The standard InChI is InChI=1S/C32H39N3O2S.CH4O/c1-23-5-4-6-30(19-23)37-22-26-13-16-35(17-14-26)21-29(33)12-7-25(3)34-32(36)28-10-8-27(9-11-28)31-20-24(2)15-18-38-31;1-2/h4-12,15,19-20,26H,13-14,16-18,21-22,33H2,1-3H3,(H,34,36);2H,1H3/b25-7+,29-12-;. The zero-order valence-electron chi connectivity index (χ0n) is 24.2. The minimum Gasteiger partial charge on any atom is -0.493 e. The highest BCUT2D eigenvalue weighted by Crippen LogP contribution is 2.32. The summed E-state index contributed by atoms with van der Waals surface area (Å²) in [6, 6.07) is 16.0. The quantitative estimate of drug-likeness (QED) is 0.330. The molecule has 2 aromatic rings. The molecule has 0 unspecified atom stereocenters. The molecule has 1 fully saturated rings. The van der Waals surface area contributed by atoms with E-state index in [1.807, 2.05) is 67.2 Å². The van der Waals surface area contributed by atoms with E-state index in [4.69, 9.17) is 15.6 Å². The molecule has 214 valence electrons. The van der Waals surface area contributed by atoms with Crippen molar-refractivity contribution in [2.75, 3.05) is 39.1 Å². The monoisotopic (exact) mass is 561 g/mol. The number of nitrogens with zero attached hydrogens (tertiary/aromatic N) is 1. The molecule has 0 spiro atoms. The normalized spacial score (nSPS) is 16.8. The SMILES string of the molecule is CC1=CCSC(c2ccc(C(=O)N/C(C)=C/C=C(\N)CN3CCC(COc4cccc(C)c4)CC3)cc2)=C1.CO. The summed E-state index contributed by atoms with van der Waals surface area (Å²) in [7, 11) is 1.00. The number of carbonyl (C=O) groups is 1. The van der Waals surface area contributed by atoms with Crippen LogP contribution in [0.2, 0.25) is 0 Å². The molecule has 0 atom stereocenters. The van der Waals surface area contributed by atoms with Crippen LogP contribution in [0.5, 0.6) is 5.75 Å². The van der Waals surface area contributed by atoms with E-state index in [0.717, 1.165) is 74.7 Å². The molecule has 7 heteroatoms. The number of allylic oxidation sites excluding steroid dienone is 5. The maximum atomic E-state index is 12.7. The van der Waals surface area contributed by atoms with Crippen LogP contribution in [-0.4, -0.2) is 55.0 Å². The van der Waals surface area contributed by atoms with E-state index >= 15 is 0 Å². The number of hydrogen-bond acceptors (Lipinski definition) is 6. The number of carbonyl (C=O) groups excluding carboxylic acids is 1. The van der Waals surface area contributed by atoms with Gasteiger partial charge >= 0.3 is 0 Å². The highest BCUT2D eigenvalue weighted by atomic mass is 32.2. The molecule has 6 nitrogen and oxygen atoms in total. The molecule has 1 amide bonds. The number of benzene rings is 2. The highest BCUT2D eigenvalue weighted by molar-refractivity contribution is 8.08. The van der Waals surface area contributed by atoms with Gasteiger partial charge in [0.05, 0.1) is 6.61 Å². The smallest absolute Gasteiger partial charge is 0.255 e. The van der Waals surface area contributed by atoms with Crippen molar-refractivity contribution in [1.82, 2.24) is 10.2 Å². The van der Waals surface area contributed by atoms with Crippen molar-refractivity contribution >= 4 is 22.6 Å². The largest absolute Gasteiger partial charge is 0.493 e. The molecule has 0 saturated carbocycles. The average molecular weight is 562 g/mol. The fourth-order valence-electron chi connectivity index (χ4n) is 4.59. The van der Waals surface area contributed by atoms with E-state index < -0.39 is 0 Å². The predicted molar refractivity (Wildman–Crippen MR) is 168 cm³/mol. The van der Waals surface area contributed by atoms with E-state index in [1.54, 1.807) is 0 Å². The summed E-state index contributed by atoms with van der Waals surface area (Å²) in [6.45, 7) is 9.60. The Bertz CT molecular complexity index is 1240. The molecule has 2 aromatic carbocycles. The molecular weight excluding hydrogens is 518 g/mol. The molecular formula is C33H43N3O3S. The Kier molecular flexibility index (Phi) is 12.6. The van der Waals surface area contributed by atoms with Crippen molar-refractivity contribution in [3.8, 4) is 5.75 Å². The second-order valence-corrected chi connectivity index (χ2v) is 11.3. The van der Waals surface area contributed by atoms with Crippen molar-refractivity contribution in [3.63, 3.8) is 0 Å². The van der Waals surface area contributed by atoms with Crippen LogP contribution in [0.25, 0.3) is 4.91 Å². The lowest BCUT2D eigenvalue weighted by Crippen LogP contribution is -2.37. The number of ether oxygens (including phenoxy) is 1. The summed E-state index contributed by atoms with van der Waals surface area (Å²) in [5.41, 5.74) is 12.1. The van der Waals surface area contributed by atoms with E-state index in [-0.39, 0.29) is 5.91 Å². The van der Waals surface area contributed by atoms with E-state index in [0.29, 0.717) is 11.5 Å². The molecule has 2 heterocycles. The van der Waals surface area contributed by atoms with E-state index in [2.05, 4.69) is 48.3 Å². The van der Waals surface area contributed by atoms with Gasteiger partial charge in [-0.2, -0.15) is 0 Å². The first-order valence-electron chi connectivity index (χ1n) is 13.8. The molecule has 0 bridgehead atoms. The third-order valence-electron chi connectivity index (χ3n) is 6.88. The molecule has 2 aliphatic rings. The first kappa shape index (κ1) is 31.3. The topological polar surface area (TPSA) is 87.8 Å². The van der Waals surface area contributed by atoms with Crippen LogP contribution in [-0.2, 0) is 0 Å². The Balaban J connectivity index is 0.00000216. The predicted octanol–water partition coefficient (Wildman–Crippen LogP) is 5.90. The molecule has 2 aliphatic heterocycles. The zero-order valence-corrected chi connectivity index (χ0v) is 25.0. The number of aliphatic hydroxyl groups excluding tert-OH is 1. The van der Waals surface area contributed by atoms with Gasteiger partial charge in [-0.05, 0) is 106 Å². The van der Waals surface area contributed by atoms with Gasteiger partial charge in [-0.25, -0.2) is 0 Å². The maximum absolute atomic E-state index is 12.7. The fraction of sp³-hybridized carbons (Fsp3) is 0.364. The Hall–Kier alpha value is -3.26. The molecule has 0 radical (unpaired) electrons. The van der Waals surface area contributed by atoms with Crippen LogP contribution in [0.15, 0.2) is 89.8 Å². The van der Waals surface area contributed by atoms with Crippen LogP contribution < -0.4 is 15.8 Å². The fourth-order valence-corrected chi connectivity index (χ4v) is 5.69. The number of likely N-dealkylation sites (tertiary alicyclic amines) is 1. The molecule has 40 heavy (non-hydrogen) atoms. The lowest BCUT2D eigenvalue weighted by molar-refractivity contribution is 0.0966. The van der Waals surface area contributed by atoms with Crippen molar-refractivity contribution in [2.45, 2.75) is 33.6 Å². The summed E-state index contributed by atoms with van der Waals surface area (Å²) in [5.74, 6) is 2.40. The molecule has 1 saturated heterocycles. The Morgan fingerprint density at radius 1 is 1.12 bits per heavy atom. The second-order valence-electron chi connectivity index (χ2n) is 10.2. The third kappa shape index (κ3) is 10.0. The van der Waals surface area contributed by atoms with Gasteiger partial charge in [0.25, 0.3) is 5.91 Å². The van der Waals surface area contributed by atoms with E-state index in [1.165, 1.54) is 16.0 Å². The van der Waals surface area contributed by atoms with Crippen molar-refractivity contribution < 1.29 is 14.6 Å². The second kappa shape index (κ2) is 16.1. The van der Waals surface area contributed by atoms with Gasteiger partial charge in [0.1, 0.15) is 5.75 Å². The molecule has 0 aromatic heterocycles. The first-order chi connectivity index (χ1) is 19.4. The van der Waals surface area contributed by atoms with Crippen molar-refractivity contribution in [1.29, 1.82) is 0 Å². The van der Waals surface area contributed by atoms with Crippen molar-refractivity contribution in [3.05, 3.63) is 106 Å². The first-order valence-corrected chi connectivity index (χ1v) is 14.8. The molecule has 0 aliphatic carbocycles. The van der Waals surface area contributed by atoms with Gasteiger partial charge in [-0.3, -0.25) is 9.69 Å². The van der Waals surface area contributed by atoms with E-state index in [9.17, 15) is 4.79 Å².